The van der Waals surface area contributed by atoms with E-state index in [0.717, 1.165) is 49.0 Å². The molecule has 0 radical (unpaired) electrons. The summed E-state index contributed by atoms with van der Waals surface area (Å²) < 4.78 is 47.1. The zero-order valence-corrected chi connectivity index (χ0v) is 31.2. The number of aryl methyl sites for hydroxylation is 1. The number of oxime groups is 1. The number of carbonyl (C=O) groups excluding carboxylic acids is 2. The first kappa shape index (κ1) is 39.8. The number of rotatable bonds is 14. The molecule has 1 saturated carbocycles. The van der Waals surface area contributed by atoms with Gasteiger partial charge in [-0.05, 0) is 89.5 Å². The lowest BCUT2D eigenvalue weighted by atomic mass is 9.78. The first-order chi connectivity index (χ1) is 24.8. The van der Waals surface area contributed by atoms with E-state index >= 15 is 0 Å². The molecule has 2 aliphatic heterocycles. The van der Waals surface area contributed by atoms with Crippen molar-refractivity contribution in [3.63, 3.8) is 0 Å². The second-order valence-corrected chi connectivity index (χ2v) is 16.0. The molecule has 3 aliphatic rings. The summed E-state index contributed by atoms with van der Waals surface area (Å²) in [5.74, 6) is -2.81. The van der Waals surface area contributed by atoms with Crippen LogP contribution in [0.5, 0.6) is 5.75 Å². The molecule has 0 spiro atoms. The topological polar surface area (TPSA) is 291 Å². The third-order valence-corrected chi connectivity index (χ3v) is 10.9. The van der Waals surface area contributed by atoms with Gasteiger partial charge < -0.3 is 41.5 Å². The molecule has 5 rings (SSSR count). The number of anilines is 1. The van der Waals surface area contributed by atoms with E-state index < -0.39 is 57.2 Å². The van der Waals surface area contributed by atoms with Gasteiger partial charge in [0.15, 0.2) is 16.9 Å². The molecule has 19 nitrogen and oxygen atoms in total. The summed E-state index contributed by atoms with van der Waals surface area (Å²) in [6.07, 6.45) is 3.57. The number of hydroxylamine groups is 2. The van der Waals surface area contributed by atoms with Crippen molar-refractivity contribution >= 4 is 56.2 Å². The molecule has 21 heteroatoms. The molecule has 1 aromatic heterocycles. The van der Waals surface area contributed by atoms with Crippen LogP contribution in [0.1, 0.15) is 76.1 Å². The third-order valence-electron chi connectivity index (χ3n) is 9.89. The van der Waals surface area contributed by atoms with Crippen LogP contribution in [-0.2, 0) is 45.1 Å². The van der Waals surface area contributed by atoms with Gasteiger partial charge in [-0.25, -0.2) is 9.78 Å². The monoisotopic (exact) mass is 780 g/mol. The molecule has 290 valence electrons. The third kappa shape index (κ3) is 8.71. The molecule has 2 fully saturated rings. The van der Waals surface area contributed by atoms with Gasteiger partial charge >= 0.3 is 16.4 Å². The van der Waals surface area contributed by atoms with Crippen molar-refractivity contribution in [1.29, 1.82) is 5.41 Å². The molecule has 1 aliphatic carbocycles. The van der Waals surface area contributed by atoms with E-state index in [4.69, 9.17) is 35.7 Å². The minimum absolute atomic E-state index is 0.0541. The number of nitrogen functional groups attached to an aromatic ring is 1. The van der Waals surface area contributed by atoms with E-state index in [0.29, 0.717) is 29.4 Å². The molecule has 53 heavy (non-hydrogen) atoms. The fourth-order valence-electron chi connectivity index (χ4n) is 6.51. The van der Waals surface area contributed by atoms with E-state index in [1.165, 1.54) is 26.2 Å². The predicted molar refractivity (Wildman–Crippen MR) is 190 cm³/mol. The van der Waals surface area contributed by atoms with Crippen molar-refractivity contribution in [2.75, 3.05) is 19.5 Å². The largest absolute Gasteiger partial charge is 0.485 e. The number of hydrogen-bond donors (Lipinski definition) is 7. The number of β-lactam (4-membered cyclic amide) rings is 1. The van der Waals surface area contributed by atoms with Crippen molar-refractivity contribution < 1.29 is 51.1 Å². The zero-order valence-electron chi connectivity index (χ0n) is 29.6. The quantitative estimate of drug-likeness (QED) is 0.0465. The predicted octanol–water partition coefficient (Wildman–Crippen LogP) is 1.11. The van der Waals surface area contributed by atoms with Crippen molar-refractivity contribution in [2.24, 2.45) is 10.9 Å². The smallest absolute Gasteiger partial charge is 0.418 e. The first-order valence-electron chi connectivity index (χ1n) is 16.7. The second kappa shape index (κ2) is 15.1. The highest BCUT2D eigenvalue weighted by atomic mass is 32.3. The SMILES string of the molecule is COCC[C@]1(N)CC[C@@H](NC(=N)c2ccc3c(c2)CC[C@H]([C@](C)(O/N=C(\C(=O)N[C@@H]2C(=O)N(OS(=O)(=O)O)C2(C)C)c2csc(N)n2)C(=O)O)O3)CC1. The lowest BCUT2D eigenvalue weighted by Gasteiger charge is -2.50. The van der Waals surface area contributed by atoms with Crippen molar-refractivity contribution in [2.45, 2.75) is 101 Å². The van der Waals surface area contributed by atoms with Crippen LogP contribution in [0.4, 0.5) is 5.13 Å². The van der Waals surface area contributed by atoms with E-state index in [1.54, 1.807) is 19.2 Å². The van der Waals surface area contributed by atoms with Gasteiger partial charge in [-0.15, -0.1) is 15.6 Å². The second-order valence-electron chi connectivity index (χ2n) is 14.1. The van der Waals surface area contributed by atoms with Crippen LogP contribution in [0.3, 0.4) is 0 Å². The summed E-state index contributed by atoms with van der Waals surface area (Å²) in [5, 5.41) is 30.5. The summed E-state index contributed by atoms with van der Waals surface area (Å²) in [6.45, 7) is 4.59. The van der Waals surface area contributed by atoms with Gasteiger partial charge in [0.25, 0.3) is 17.4 Å². The lowest BCUT2D eigenvalue weighted by molar-refractivity contribution is -0.218. The van der Waals surface area contributed by atoms with E-state index in [1.807, 2.05) is 6.07 Å². The Kier molecular flexibility index (Phi) is 11.4. The Morgan fingerprint density at radius 1 is 1.25 bits per heavy atom. The Labute approximate surface area is 309 Å². The maximum Gasteiger partial charge on any atom is 0.418 e. The number of fused-ring (bicyclic) bond motifs is 1. The van der Waals surface area contributed by atoms with Gasteiger partial charge in [0.05, 0.1) is 5.54 Å². The Morgan fingerprint density at radius 3 is 2.53 bits per heavy atom. The molecule has 2 aromatic rings. The number of ether oxygens (including phenoxy) is 2. The minimum atomic E-state index is -5.04. The molecule has 3 atom stereocenters. The number of amides is 2. The highest BCUT2D eigenvalue weighted by molar-refractivity contribution is 7.80. The van der Waals surface area contributed by atoms with Gasteiger partial charge in [0.2, 0.25) is 0 Å². The number of thiazole rings is 1. The molecular weight excluding hydrogens is 737 g/mol. The number of methoxy groups -OCH3 is 1. The minimum Gasteiger partial charge on any atom is -0.485 e. The van der Waals surface area contributed by atoms with Crippen LogP contribution in [0.2, 0.25) is 0 Å². The maximum atomic E-state index is 13.5. The van der Waals surface area contributed by atoms with Crippen LogP contribution < -0.4 is 26.8 Å². The number of aromatic nitrogens is 1. The highest BCUT2D eigenvalue weighted by Gasteiger charge is 2.58. The number of aliphatic carboxylic acids is 1. The van der Waals surface area contributed by atoms with Crippen LogP contribution in [0, 0.1) is 5.41 Å². The number of benzene rings is 1. The van der Waals surface area contributed by atoms with Crippen LogP contribution in [-0.4, -0.2) is 106 Å². The number of nitrogens with two attached hydrogens (primary N) is 2. The number of carboxylic acids is 1. The summed E-state index contributed by atoms with van der Waals surface area (Å²) in [7, 11) is -3.38. The number of nitrogens with one attached hydrogen (secondary N) is 3. The lowest BCUT2D eigenvalue weighted by Crippen LogP contribution is -2.76. The normalized spacial score (nSPS) is 25.2. The molecule has 2 amide bonds. The maximum absolute atomic E-state index is 13.5. The molecular formula is C32H44N8O11S2. The van der Waals surface area contributed by atoms with E-state index in [9.17, 15) is 27.9 Å². The molecule has 9 N–H and O–H groups in total. The Hall–Kier alpha value is -4.41. The van der Waals surface area contributed by atoms with E-state index in [2.05, 4.69) is 25.1 Å². The Morgan fingerprint density at radius 2 is 1.94 bits per heavy atom. The van der Waals surface area contributed by atoms with Gasteiger partial charge in [-0.2, -0.15) is 13.5 Å². The summed E-state index contributed by atoms with van der Waals surface area (Å²) in [4.78, 5) is 48.5. The summed E-state index contributed by atoms with van der Waals surface area (Å²) >= 11 is 0.962. The molecule has 1 aromatic carbocycles. The summed E-state index contributed by atoms with van der Waals surface area (Å²) in [6, 6.07) is 3.96. The fourth-order valence-corrected chi connectivity index (χ4v) is 7.51. The van der Waals surface area contributed by atoms with Crippen molar-refractivity contribution in [3.05, 3.63) is 40.4 Å². The highest BCUT2D eigenvalue weighted by Crippen LogP contribution is 2.36. The Balaban J connectivity index is 1.28. The molecule has 3 heterocycles. The summed E-state index contributed by atoms with van der Waals surface area (Å²) in [5.41, 5.74) is 9.26. The average Bonchev–Trinajstić information content (AvgIpc) is 3.54. The first-order valence-corrected chi connectivity index (χ1v) is 19.0. The Bertz CT molecular complexity index is 1890. The molecule has 0 bridgehead atoms. The standard InChI is InChI=1S/C32H44N8O11S2/c1-30(2)24(27(42)40(30)51-53(45,46)47)38-26(41)23(20-16-52-29(34)37-20)39-50-31(3,28(43)44)22-8-6-17-15-18(5-7-21(17)49-22)25(33)36-19-9-11-32(35,12-10-19)13-14-48-4/h5,7,15-16,19,22,24H,6,8-14,35H2,1-4H3,(H2,33,36)(H2,34,37)(H,38,41)(H,43,44)(H,45,46,47)/b39-23-/t19-,22-,24-,31+,32+/m1/s1. The molecule has 1 saturated heterocycles. The number of hydrogen-bond acceptors (Lipinski definition) is 15. The zero-order chi connectivity index (χ0) is 38.9. The van der Waals surface area contributed by atoms with Gasteiger partial charge in [-0.1, -0.05) is 5.16 Å². The number of amidine groups is 1. The number of carboxylic acid groups (broad SMARTS) is 1. The van der Waals surface area contributed by atoms with Gasteiger partial charge in [-0.3, -0.25) is 19.6 Å². The van der Waals surface area contributed by atoms with Crippen LogP contribution in [0.15, 0.2) is 28.7 Å². The van der Waals surface area contributed by atoms with Crippen LogP contribution >= 0.6 is 11.3 Å². The molecule has 0 unspecified atom stereocenters. The number of carbonyl (C=O) groups is 3. The van der Waals surface area contributed by atoms with Gasteiger partial charge in [0, 0.05) is 36.2 Å². The average molecular weight is 781 g/mol. The van der Waals surface area contributed by atoms with Crippen molar-refractivity contribution in [1.82, 2.24) is 20.7 Å². The van der Waals surface area contributed by atoms with Crippen molar-refractivity contribution in [3.8, 4) is 5.75 Å². The number of nitrogens with zero attached hydrogens (tertiary/aromatic N) is 3. The van der Waals surface area contributed by atoms with E-state index in [-0.39, 0.29) is 34.7 Å². The fraction of sp³-hybridized carbons (Fsp3) is 0.562. The van der Waals surface area contributed by atoms with Gasteiger partial charge in [0.1, 0.15) is 23.3 Å². The van der Waals surface area contributed by atoms with Crippen LogP contribution in [0.25, 0.3) is 0 Å².